The lowest BCUT2D eigenvalue weighted by Crippen LogP contribution is -2.37. The van der Waals surface area contributed by atoms with Crippen LogP contribution in [0.3, 0.4) is 0 Å². The van der Waals surface area contributed by atoms with Crippen LogP contribution in [0, 0.1) is 5.41 Å². The number of nitrogens with one attached hydrogen (secondary N) is 2. The van der Waals surface area contributed by atoms with Gasteiger partial charge >= 0.3 is 0 Å². The average Bonchev–Trinajstić information content (AvgIpc) is 2.86. The first kappa shape index (κ1) is 10.5. The van der Waals surface area contributed by atoms with Crippen molar-refractivity contribution in [3.05, 3.63) is 0 Å². The standard InChI is InChI=1S/C9H18N2O2/c1-2-11-8(13)5-10-6-9(7-12)3-4-9/h10,12H,2-7H2,1H3,(H,11,13). The summed E-state index contributed by atoms with van der Waals surface area (Å²) in [5.41, 5.74) is 0.0898. The Hall–Kier alpha value is -0.610. The molecule has 3 N–H and O–H groups in total. The summed E-state index contributed by atoms with van der Waals surface area (Å²) in [6.07, 6.45) is 2.15. The number of amides is 1. The largest absolute Gasteiger partial charge is 0.396 e. The highest BCUT2D eigenvalue weighted by atomic mass is 16.3. The Morgan fingerprint density at radius 1 is 1.54 bits per heavy atom. The van der Waals surface area contributed by atoms with Crippen molar-refractivity contribution in [3.63, 3.8) is 0 Å². The van der Waals surface area contributed by atoms with Crippen molar-refractivity contribution in [1.29, 1.82) is 0 Å². The fraction of sp³-hybridized carbons (Fsp3) is 0.889. The first-order chi connectivity index (χ1) is 6.22. The molecule has 0 heterocycles. The summed E-state index contributed by atoms with van der Waals surface area (Å²) in [7, 11) is 0. The highest BCUT2D eigenvalue weighted by molar-refractivity contribution is 5.77. The van der Waals surface area contributed by atoms with Gasteiger partial charge in [-0.3, -0.25) is 4.79 Å². The molecule has 0 aromatic carbocycles. The summed E-state index contributed by atoms with van der Waals surface area (Å²) < 4.78 is 0. The van der Waals surface area contributed by atoms with E-state index in [1.807, 2.05) is 6.92 Å². The van der Waals surface area contributed by atoms with Crippen molar-refractivity contribution in [3.8, 4) is 0 Å². The molecule has 1 aliphatic carbocycles. The zero-order chi connectivity index (χ0) is 9.73. The number of rotatable bonds is 6. The lowest BCUT2D eigenvalue weighted by atomic mass is 10.1. The van der Waals surface area contributed by atoms with E-state index < -0.39 is 0 Å². The van der Waals surface area contributed by atoms with Gasteiger partial charge in [0, 0.05) is 25.1 Å². The summed E-state index contributed by atoms with van der Waals surface area (Å²) in [5.74, 6) is 0.0243. The van der Waals surface area contributed by atoms with Crippen LogP contribution in [0.2, 0.25) is 0 Å². The molecule has 0 aromatic heterocycles. The van der Waals surface area contributed by atoms with Crippen molar-refractivity contribution >= 4 is 5.91 Å². The number of hydrogen-bond donors (Lipinski definition) is 3. The van der Waals surface area contributed by atoms with Gasteiger partial charge < -0.3 is 15.7 Å². The Labute approximate surface area is 78.7 Å². The van der Waals surface area contributed by atoms with Crippen LogP contribution in [-0.2, 0) is 4.79 Å². The molecule has 1 fully saturated rings. The van der Waals surface area contributed by atoms with Gasteiger partial charge in [-0.2, -0.15) is 0 Å². The lowest BCUT2D eigenvalue weighted by Gasteiger charge is -2.11. The Kier molecular flexibility index (Phi) is 3.69. The second-order valence-electron chi connectivity index (χ2n) is 3.72. The fourth-order valence-electron chi connectivity index (χ4n) is 1.27. The van der Waals surface area contributed by atoms with Crippen LogP contribution in [0.25, 0.3) is 0 Å². The molecule has 76 valence electrons. The van der Waals surface area contributed by atoms with Crippen molar-refractivity contribution < 1.29 is 9.90 Å². The van der Waals surface area contributed by atoms with Gasteiger partial charge in [0.1, 0.15) is 0 Å². The molecule has 0 atom stereocenters. The molecule has 1 rings (SSSR count). The van der Waals surface area contributed by atoms with Crippen molar-refractivity contribution in [2.45, 2.75) is 19.8 Å². The third kappa shape index (κ3) is 3.32. The Bertz CT molecular complexity index is 178. The highest BCUT2D eigenvalue weighted by Gasteiger charge is 2.41. The van der Waals surface area contributed by atoms with Crippen molar-refractivity contribution in [2.75, 3.05) is 26.2 Å². The maximum atomic E-state index is 11.0. The van der Waals surface area contributed by atoms with Gasteiger partial charge in [0.25, 0.3) is 0 Å². The van der Waals surface area contributed by atoms with E-state index in [0.29, 0.717) is 13.1 Å². The minimum absolute atomic E-state index is 0.0243. The van der Waals surface area contributed by atoms with E-state index in [2.05, 4.69) is 10.6 Å². The molecule has 4 nitrogen and oxygen atoms in total. The van der Waals surface area contributed by atoms with Gasteiger partial charge in [-0.25, -0.2) is 0 Å². The topological polar surface area (TPSA) is 61.4 Å². The quantitative estimate of drug-likeness (QED) is 0.523. The van der Waals surface area contributed by atoms with Crippen LogP contribution in [0.5, 0.6) is 0 Å². The van der Waals surface area contributed by atoms with Gasteiger partial charge in [0.15, 0.2) is 0 Å². The van der Waals surface area contributed by atoms with Gasteiger partial charge in [-0.05, 0) is 19.8 Å². The minimum atomic E-state index is 0.0243. The molecule has 1 aliphatic rings. The molecular weight excluding hydrogens is 168 g/mol. The highest BCUT2D eigenvalue weighted by Crippen LogP contribution is 2.44. The van der Waals surface area contributed by atoms with Gasteiger partial charge in [-0.15, -0.1) is 0 Å². The van der Waals surface area contributed by atoms with Crippen LogP contribution in [0.15, 0.2) is 0 Å². The molecule has 0 aromatic rings. The maximum absolute atomic E-state index is 11.0. The first-order valence-corrected chi connectivity index (χ1v) is 4.81. The summed E-state index contributed by atoms with van der Waals surface area (Å²) >= 11 is 0. The van der Waals surface area contributed by atoms with Crippen LogP contribution in [0.4, 0.5) is 0 Å². The number of likely N-dealkylation sites (N-methyl/N-ethyl adjacent to an activating group) is 1. The Morgan fingerprint density at radius 3 is 2.69 bits per heavy atom. The zero-order valence-electron chi connectivity index (χ0n) is 8.10. The maximum Gasteiger partial charge on any atom is 0.233 e. The van der Waals surface area contributed by atoms with Crippen LogP contribution >= 0.6 is 0 Å². The smallest absolute Gasteiger partial charge is 0.233 e. The Morgan fingerprint density at radius 2 is 2.23 bits per heavy atom. The van der Waals surface area contributed by atoms with Crippen LogP contribution < -0.4 is 10.6 Å². The Balaban J connectivity index is 2.03. The second kappa shape index (κ2) is 4.58. The SMILES string of the molecule is CCNC(=O)CNCC1(CO)CC1. The van der Waals surface area contributed by atoms with E-state index in [1.165, 1.54) is 0 Å². The molecule has 1 saturated carbocycles. The molecule has 0 aliphatic heterocycles. The number of carbonyl (C=O) groups excluding carboxylic acids is 1. The fourth-order valence-corrected chi connectivity index (χ4v) is 1.27. The predicted octanol–water partition coefficient (Wildman–Crippen LogP) is -0.515. The summed E-state index contributed by atoms with van der Waals surface area (Å²) in [5, 5.41) is 14.7. The normalized spacial score (nSPS) is 18.3. The number of carbonyl (C=O) groups is 1. The molecular formula is C9H18N2O2. The van der Waals surface area contributed by atoms with E-state index in [4.69, 9.17) is 5.11 Å². The predicted molar refractivity (Wildman–Crippen MR) is 50.3 cm³/mol. The van der Waals surface area contributed by atoms with Gasteiger partial charge in [-0.1, -0.05) is 0 Å². The number of hydrogen-bond acceptors (Lipinski definition) is 3. The third-order valence-electron chi connectivity index (χ3n) is 2.45. The van der Waals surface area contributed by atoms with E-state index in [0.717, 1.165) is 19.4 Å². The molecule has 0 unspecified atom stereocenters. The molecule has 0 bridgehead atoms. The van der Waals surface area contributed by atoms with E-state index in [1.54, 1.807) is 0 Å². The van der Waals surface area contributed by atoms with E-state index >= 15 is 0 Å². The average molecular weight is 186 g/mol. The van der Waals surface area contributed by atoms with E-state index in [9.17, 15) is 4.79 Å². The first-order valence-electron chi connectivity index (χ1n) is 4.81. The van der Waals surface area contributed by atoms with Crippen molar-refractivity contribution in [2.24, 2.45) is 5.41 Å². The van der Waals surface area contributed by atoms with Crippen LogP contribution in [-0.4, -0.2) is 37.3 Å². The second-order valence-corrected chi connectivity index (χ2v) is 3.72. The molecule has 0 spiro atoms. The van der Waals surface area contributed by atoms with E-state index in [-0.39, 0.29) is 17.9 Å². The van der Waals surface area contributed by atoms with Crippen LogP contribution in [0.1, 0.15) is 19.8 Å². The molecule has 0 radical (unpaired) electrons. The summed E-state index contributed by atoms with van der Waals surface area (Å²) in [6.45, 7) is 3.91. The molecule has 4 heteroatoms. The zero-order valence-corrected chi connectivity index (χ0v) is 8.10. The third-order valence-corrected chi connectivity index (χ3v) is 2.45. The molecule has 13 heavy (non-hydrogen) atoms. The minimum Gasteiger partial charge on any atom is -0.396 e. The number of aliphatic hydroxyl groups excluding tert-OH is 1. The molecule has 0 saturated heterocycles. The monoisotopic (exact) mass is 186 g/mol. The van der Waals surface area contributed by atoms with Gasteiger partial charge in [0.05, 0.1) is 6.54 Å². The van der Waals surface area contributed by atoms with Crippen molar-refractivity contribution in [1.82, 2.24) is 10.6 Å². The number of aliphatic hydroxyl groups is 1. The lowest BCUT2D eigenvalue weighted by molar-refractivity contribution is -0.120. The van der Waals surface area contributed by atoms with Gasteiger partial charge in [0.2, 0.25) is 5.91 Å². The summed E-state index contributed by atoms with van der Waals surface area (Å²) in [6, 6.07) is 0. The summed E-state index contributed by atoms with van der Waals surface area (Å²) in [4.78, 5) is 11.0. The molecule has 1 amide bonds.